The second-order valence-corrected chi connectivity index (χ2v) is 28.9. The zero-order chi connectivity index (χ0) is 80.2. The first-order chi connectivity index (χ1) is 56.0. The largest absolute Gasteiger partial charge is 0.508 e. The van der Waals surface area contributed by atoms with Crippen molar-refractivity contribution >= 4 is 141 Å². The molecule has 0 unspecified atom stereocenters. The molecular weight excluding hydrogens is 1680 g/mol. The predicted octanol–water partition coefficient (Wildman–Crippen LogP) is 17.5. The molecule has 23 nitrogen and oxygen atoms in total. The Kier molecular flexibility index (Phi) is 28.6. The molecule has 2 aliphatic rings. The first kappa shape index (κ1) is 83.0. The Hall–Kier alpha value is -12.5. The van der Waals surface area contributed by atoms with E-state index in [1.807, 2.05) is 196 Å². The minimum absolute atomic E-state index is 0. The number of aryl methyl sites for hydroxylation is 1. The van der Waals surface area contributed by atoms with Crippen LogP contribution in [0, 0.1) is 0 Å². The fourth-order valence-electron chi connectivity index (χ4n) is 12.6. The Balaban J connectivity index is 0.000000140. The van der Waals surface area contributed by atoms with Gasteiger partial charge in [-0.1, -0.05) is 133 Å². The fourth-order valence-corrected chi connectivity index (χ4v) is 14.6. The molecule has 116 heavy (non-hydrogen) atoms. The van der Waals surface area contributed by atoms with Crippen molar-refractivity contribution < 1.29 is 61.3 Å². The summed E-state index contributed by atoms with van der Waals surface area (Å²) in [5.74, 6) is 0.475. The molecule has 18 aromatic rings. The van der Waals surface area contributed by atoms with Gasteiger partial charge in [0.05, 0.1) is 106 Å². The number of benzene rings is 6. The molecule has 0 atom stereocenters. The van der Waals surface area contributed by atoms with Crippen LogP contribution in [-0.2, 0) is 56.1 Å². The van der Waals surface area contributed by atoms with E-state index in [4.69, 9.17) is 51.4 Å². The van der Waals surface area contributed by atoms with Gasteiger partial charge < -0.3 is 34.3 Å². The Morgan fingerprint density at radius 2 is 0.888 bits per heavy atom. The summed E-state index contributed by atoms with van der Waals surface area (Å²) < 4.78 is 9.35. The molecule has 0 saturated carbocycles. The quantitative estimate of drug-likeness (QED) is 0.0811. The summed E-state index contributed by atoms with van der Waals surface area (Å²) in [5, 5.41) is 40.7. The van der Waals surface area contributed by atoms with Crippen molar-refractivity contribution in [2.24, 2.45) is 0 Å². The Morgan fingerprint density at radius 3 is 1.37 bits per heavy atom. The van der Waals surface area contributed by atoms with E-state index in [2.05, 4.69) is 125 Å². The molecule has 29 heteroatoms. The number of hydrogen-bond donors (Lipinski definition) is 4. The number of fused-ring (bicyclic) bond motifs is 8. The number of nitrogens with zero attached hydrogens (tertiary/aromatic N) is 15. The van der Waals surface area contributed by atoms with Crippen molar-refractivity contribution in [3.05, 3.63) is 318 Å². The fraction of sp³-hybridized carbons (Fsp3) is 0.103. The number of aliphatic carboxylic acids is 2. The van der Waals surface area contributed by atoms with Gasteiger partial charge in [-0.2, -0.15) is 0 Å². The number of pyridine rings is 4. The van der Waals surface area contributed by atoms with Crippen molar-refractivity contribution in [3.8, 4) is 55.0 Å². The molecule has 0 fully saturated rings. The number of carboxylic acids is 2. The van der Waals surface area contributed by atoms with Gasteiger partial charge in [-0.05, 0) is 147 Å². The van der Waals surface area contributed by atoms with Crippen LogP contribution in [0.1, 0.15) is 60.5 Å². The molecule has 1 amide bonds. The second kappa shape index (κ2) is 40.0. The number of carboxylic acid groups (broad SMARTS) is 2. The van der Waals surface area contributed by atoms with Crippen LogP contribution in [0.25, 0.3) is 110 Å². The third-order valence-electron chi connectivity index (χ3n) is 18.0. The van der Waals surface area contributed by atoms with Crippen LogP contribution in [0.3, 0.4) is 0 Å². The normalized spacial score (nSPS) is 11.6. The van der Waals surface area contributed by atoms with Crippen LogP contribution in [0.2, 0.25) is 0 Å². The summed E-state index contributed by atoms with van der Waals surface area (Å²) in [5.41, 5.74) is 15.2. The molecule has 0 spiro atoms. The first-order valence-corrected chi connectivity index (χ1v) is 39.2. The summed E-state index contributed by atoms with van der Waals surface area (Å²) in [6, 6.07) is 71.2. The Labute approximate surface area is 702 Å². The van der Waals surface area contributed by atoms with Gasteiger partial charge in [0.15, 0.2) is 11.3 Å². The number of halogens is 2. The van der Waals surface area contributed by atoms with Gasteiger partial charge >= 0.3 is 7.12 Å². The van der Waals surface area contributed by atoms with E-state index in [-0.39, 0.29) is 33.3 Å². The average molecular weight is 1750 g/mol. The first-order valence-electron chi connectivity index (χ1n) is 36.2. The van der Waals surface area contributed by atoms with E-state index in [1.54, 1.807) is 71.9 Å². The molecule has 4 N–H and O–H groups in total. The summed E-state index contributed by atoms with van der Waals surface area (Å²) in [6.45, 7) is 5.09. The van der Waals surface area contributed by atoms with Gasteiger partial charge in [-0.3, -0.25) is 42.9 Å². The van der Waals surface area contributed by atoms with Crippen molar-refractivity contribution in [3.63, 3.8) is 0 Å². The molecule has 20 rings (SSSR count). The van der Waals surface area contributed by atoms with Crippen LogP contribution < -0.4 is 5.59 Å². The standard InChI is InChI=1S/C26H20N4OS.C16H15N3.C15H10N4.C11H7ClOS.C9H8BNO2.C6H4BrN3.2C2H4O2.Pd.H2/c31-26(20-9-7-19(8-10-20)24-6-3-15-32-24)29-13-14-30-23(16-27-25(30)17-29)22-12-11-18-4-1-2-5-21(18)28-22;1-2-6-13-12(5-1)8-9-14(18-13)15-11-17-16-7-3-4-10-19(15)16;1-2-4-12-11(3-1)5-6-13(18-12)14-9-17-15-10-16-7-8-19(14)15;12-11(13)9-5-3-8(4-6-9)10-2-1-7-14-10;12-10(13)9-6-5-7-3-1-2-4-8(7)11-9;7-5-3-9-6-4-8-1-2-10(5)6;2*1-2(3)4;;/h1-12,15-16H,13-14,17H2;1-2,5-6,8-9,11H,3-4,7,10H2;1-10H;1-7H;1-6,12-13H;1-4H;2*1H3,(H,3,4);;1H. The van der Waals surface area contributed by atoms with Crippen molar-refractivity contribution in [1.82, 2.24) is 72.7 Å². The maximum Gasteiger partial charge on any atom is 0.508 e. The summed E-state index contributed by atoms with van der Waals surface area (Å²) in [7, 11) is -1.50. The van der Waals surface area contributed by atoms with Crippen molar-refractivity contribution in [2.45, 2.75) is 52.7 Å². The number of para-hydroxylation sites is 4. The SMILES string of the molecule is Brc1cnc2cnccn12.CC(=O)O.CC(=O)O.O=C(Cl)c1ccc(-c2cccs2)cc1.O=C(c1ccc(-c2cccs2)cc1)N1CCn2c(-c3ccc4ccccc4n3)cnc2C1.OB(O)c1ccc2ccccc2n1.[HH].[Pd].c1ccc2nc(-c3cnc4cnccn34)ccc2c1.c1ccc2nc(-c3cnc4n3CCCC4)ccc2c1. The number of imidazole rings is 4. The summed E-state index contributed by atoms with van der Waals surface area (Å²) in [6.07, 6.45) is 21.7. The molecule has 12 aromatic heterocycles. The number of carbonyl (C=O) groups excluding carboxylic acids is 2. The van der Waals surface area contributed by atoms with E-state index in [9.17, 15) is 9.59 Å². The number of thiophene rings is 2. The number of rotatable bonds is 8. The van der Waals surface area contributed by atoms with Crippen LogP contribution in [0.15, 0.2) is 296 Å². The third-order valence-corrected chi connectivity index (χ3v) is 20.7. The molecule has 0 bridgehead atoms. The predicted molar refractivity (Wildman–Crippen MR) is 458 cm³/mol. The maximum atomic E-state index is 13.1. The van der Waals surface area contributed by atoms with Crippen molar-refractivity contribution in [2.75, 3.05) is 6.54 Å². The van der Waals surface area contributed by atoms with E-state index in [0.717, 1.165) is 132 Å². The number of aromatic nitrogens is 14. The molecule has 2 aliphatic heterocycles. The van der Waals surface area contributed by atoms with Crippen LogP contribution >= 0.6 is 50.2 Å². The zero-order valence-corrected chi connectivity index (χ0v) is 67.8. The molecule has 0 saturated heterocycles. The zero-order valence-electron chi connectivity index (χ0n) is 62.3. The second-order valence-electron chi connectivity index (χ2n) is 25.8. The average Bonchev–Trinajstić information content (AvgIpc) is 1.67. The smallest absolute Gasteiger partial charge is 0.481 e. The van der Waals surface area contributed by atoms with Gasteiger partial charge in [-0.25, -0.2) is 34.9 Å². The van der Waals surface area contributed by atoms with Gasteiger partial charge in [0.2, 0.25) is 0 Å². The number of hydrogen-bond acceptors (Lipinski definition) is 18. The van der Waals surface area contributed by atoms with Gasteiger partial charge in [0.25, 0.3) is 23.1 Å². The Morgan fingerprint density at radius 1 is 0.457 bits per heavy atom. The topological polar surface area (TPSA) is 300 Å². The van der Waals surface area contributed by atoms with Crippen LogP contribution in [-0.4, -0.2) is 130 Å². The summed E-state index contributed by atoms with van der Waals surface area (Å²) >= 11 is 12.1. The van der Waals surface area contributed by atoms with E-state index in [0.29, 0.717) is 30.8 Å². The van der Waals surface area contributed by atoms with Gasteiger partial charge in [-0.15, -0.1) is 22.7 Å². The number of carbonyl (C=O) groups is 4. The molecule has 14 heterocycles. The minimum Gasteiger partial charge on any atom is -0.481 e. The summed E-state index contributed by atoms with van der Waals surface area (Å²) in [4.78, 5) is 90.1. The molecule has 0 aliphatic carbocycles. The van der Waals surface area contributed by atoms with Crippen molar-refractivity contribution in [1.29, 1.82) is 0 Å². The molecule has 6 aromatic carbocycles. The third kappa shape index (κ3) is 21.3. The monoisotopic (exact) mass is 1750 g/mol. The van der Waals surface area contributed by atoms with Crippen LogP contribution in [0.5, 0.6) is 0 Å². The molecule has 0 radical (unpaired) electrons. The van der Waals surface area contributed by atoms with Gasteiger partial charge in [0, 0.05) is 129 Å². The van der Waals surface area contributed by atoms with Gasteiger partial charge in [0.1, 0.15) is 16.3 Å². The van der Waals surface area contributed by atoms with E-state index in [1.165, 1.54) is 33.8 Å². The maximum absolute atomic E-state index is 13.1. The Bertz CT molecular complexity index is 6360. The molecular formula is C87H74BBrClN15O8PdS2. The van der Waals surface area contributed by atoms with E-state index < -0.39 is 24.3 Å². The van der Waals surface area contributed by atoms with E-state index >= 15 is 0 Å². The minimum atomic E-state index is -1.50. The number of amides is 1. The van der Waals surface area contributed by atoms with Crippen LogP contribution in [0.4, 0.5) is 0 Å². The molecule has 584 valence electrons.